The fourth-order valence-corrected chi connectivity index (χ4v) is 1.39. The van der Waals surface area contributed by atoms with Gasteiger partial charge < -0.3 is 10.1 Å². The van der Waals surface area contributed by atoms with E-state index in [1.54, 1.807) is 0 Å². The number of hydrogen-bond donors (Lipinski definition) is 1. The summed E-state index contributed by atoms with van der Waals surface area (Å²) in [5.41, 5.74) is 0. The molecular formula is C6H10BrNO2. The lowest BCUT2D eigenvalue weighted by Gasteiger charge is -2.11. The van der Waals surface area contributed by atoms with Gasteiger partial charge in [-0.05, 0) is 0 Å². The Balaban J connectivity index is 2.33. The molecule has 1 amide bonds. The van der Waals surface area contributed by atoms with E-state index < -0.39 is 0 Å². The second-order valence-electron chi connectivity index (χ2n) is 2.36. The Labute approximate surface area is 68.3 Å². The SMILES string of the molecule is CC(=O)NC1COCC1Br. The minimum absolute atomic E-state index is 0.0000463. The predicted octanol–water partition coefficient (Wildman–Crippen LogP) is 0.285. The first-order valence-corrected chi connectivity index (χ1v) is 4.10. The zero-order valence-corrected chi connectivity index (χ0v) is 7.35. The van der Waals surface area contributed by atoms with Gasteiger partial charge in [-0.2, -0.15) is 0 Å². The van der Waals surface area contributed by atoms with Crippen LogP contribution < -0.4 is 5.32 Å². The van der Waals surface area contributed by atoms with Crippen LogP contribution in [0.2, 0.25) is 0 Å². The van der Waals surface area contributed by atoms with E-state index in [0.717, 1.165) is 0 Å². The van der Waals surface area contributed by atoms with Crippen molar-refractivity contribution in [2.24, 2.45) is 0 Å². The minimum Gasteiger partial charge on any atom is -0.378 e. The van der Waals surface area contributed by atoms with Crippen LogP contribution in [0, 0.1) is 0 Å². The van der Waals surface area contributed by atoms with Crippen molar-refractivity contribution < 1.29 is 9.53 Å². The molecule has 1 aliphatic heterocycles. The molecule has 1 rings (SSSR count). The molecule has 1 fully saturated rings. The summed E-state index contributed by atoms with van der Waals surface area (Å²) in [6.07, 6.45) is 0. The average Bonchev–Trinajstić information content (AvgIpc) is 2.15. The molecule has 0 aromatic rings. The minimum atomic E-state index is -0.0000463. The van der Waals surface area contributed by atoms with Crippen molar-refractivity contribution >= 4 is 21.8 Å². The standard InChI is InChI=1S/C6H10BrNO2/c1-4(9)8-6-3-10-2-5(6)7/h5-6H,2-3H2,1H3,(H,8,9). The number of nitrogens with one attached hydrogen (secondary N) is 1. The molecular weight excluding hydrogens is 198 g/mol. The van der Waals surface area contributed by atoms with E-state index in [2.05, 4.69) is 21.2 Å². The summed E-state index contributed by atoms with van der Waals surface area (Å²) in [5, 5.41) is 2.78. The number of amides is 1. The molecule has 0 bridgehead atoms. The van der Waals surface area contributed by atoms with E-state index in [9.17, 15) is 4.79 Å². The van der Waals surface area contributed by atoms with Crippen molar-refractivity contribution in [1.29, 1.82) is 0 Å². The molecule has 0 aromatic carbocycles. The molecule has 0 aliphatic carbocycles. The monoisotopic (exact) mass is 207 g/mol. The van der Waals surface area contributed by atoms with Crippen molar-refractivity contribution in [2.45, 2.75) is 17.8 Å². The number of rotatable bonds is 1. The third-order valence-electron chi connectivity index (χ3n) is 1.40. The van der Waals surface area contributed by atoms with Crippen molar-refractivity contribution in [3.63, 3.8) is 0 Å². The molecule has 2 atom stereocenters. The predicted molar refractivity (Wildman–Crippen MR) is 41.1 cm³/mol. The van der Waals surface area contributed by atoms with Crippen LogP contribution in [-0.2, 0) is 9.53 Å². The summed E-state index contributed by atoms with van der Waals surface area (Å²) in [6.45, 7) is 2.82. The molecule has 0 radical (unpaired) electrons. The third-order valence-corrected chi connectivity index (χ3v) is 2.30. The Morgan fingerprint density at radius 2 is 2.40 bits per heavy atom. The molecule has 1 aliphatic rings. The normalized spacial score (nSPS) is 32.2. The van der Waals surface area contributed by atoms with Crippen molar-refractivity contribution in [3.8, 4) is 0 Å². The van der Waals surface area contributed by atoms with Crippen LogP contribution >= 0.6 is 15.9 Å². The zero-order valence-electron chi connectivity index (χ0n) is 5.76. The highest BCUT2D eigenvalue weighted by Gasteiger charge is 2.25. The maximum atomic E-state index is 10.6. The molecule has 0 aromatic heterocycles. The second kappa shape index (κ2) is 3.34. The summed E-state index contributed by atoms with van der Waals surface area (Å²) in [5.74, 6) is -0.0000463. The van der Waals surface area contributed by atoms with Gasteiger partial charge in [-0.15, -0.1) is 0 Å². The number of hydrogen-bond acceptors (Lipinski definition) is 2. The highest BCUT2D eigenvalue weighted by Crippen LogP contribution is 2.13. The molecule has 0 spiro atoms. The summed E-state index contributed by atoms with van der Waals surface area (Å²) in [6, 6.07) is 0.150. The number of carbonyl (C=O) groups excluding carboxylic acids is 1. The lowest BCUT2D eigenvalue weighted by molar-refractivity contribution is -0.119. The van der Waals surface area contributed by atoms with E-state index >= 15 is 0 Å². The van der Waals surface area contributed by atoms with Gasteiger partial charge in [0.05, 0.1) is 24.1 Å². The Kier molecular flexibility index (Phi) is 2.68. The largest absolute Gasteiger partial charge is 0.378 e. The summed E-state index contributed by atoms with van der Waals surface area (Å²) in [4.78, 5) is 10.8. The fourth-order valence-electron chi connectivity index (χ4n) is 0.921. The first kappa shape index (κ1) is 8.01. The van der Waals surface area contributed by atoms with Gasteiger partial charge in [-0.3, -0.25) is 4.79 Å². The molecule has 3 nitrogen and oxygen atoms in total. The van der Waals surface area contributed by atoms with Gasteiger partial charge in [0.15, 0.2) is 0 Å². The van der Waals surface area contributed by atoms with Gasteiger partial charge >= 0.3 is 0 Å². The van der Waals surface area contributed by atoms with Crippen LogP contribution in [0.15, 0.2) is 0 Å². The lowest BCUT2D eigenvalue weighted by Crippen LogP contribution is -2.38. The summed E-state index contributed by atoms with van der Waals surface area (Å²) >= 11 is 3.39. The molecule has 58 valence electrons. The molecule has 2 unspecified atom stereocenters. The summed E-state index contributed by atoms with van der Waals surface area (Å²) in [7, 11) is 0. The van der Waals surface area contributed by atoms with Crippen molar-refractivity contribution in [3.05, 3.63) is 0 Å². The van der Waals surface area contributed by atoms with Crippen LogP contribution in [0.5, 0.6) is 0 Å². The van der Waals surface area contributed by atoms with Crippen LogP contribution in [0.1, 0.15) is 6.92 Å². The van der Waals surface area contributed by atoms with E-state index in [4.69, 9.17) is 4.74 Å². The van der Waals surface area contributed by atoms with E-state index in [-0.39, 0.29) is 16.8 Å². The second-order valence-corrected chi connectivity index (χ2v) is 3.54. The quantitative estimate of drug-likeness (QED) is 0.628. The number of halogens is 1. The first-order valence-electron chi connectivity index (χ1n) is 3.19. The topological polar surface area (TPSA) is 38.3 Å². The zero-order chi connectivity index (χ0) is 7.56. The summed E-state index contributed by atoms with van der Waals surface area (Å²) < 4.78 is 5.11. The van der Waals surface area contributed by atoms with E-state index in [1.165, 1.54) is 6.92 Å². The van der Waals surface area contributed by atoms with Crippen molar-refractivity contribution in [1.82, 2.24) is 5.32 Å². The smallest absolute Gasteiger partial charge is 0.217 e. The fraction of sp³-hybridized carbons (Fsp3) is 0.833. The molecule has 4 heteroatoms. The Morgan fingerprint density at radius 1 is 1.70 bits per heavy atom. The van der Waals surface area contributed by atoms with Crippen LogP contribution in [0.4, 0.5) is 0 Å². The third kappa shape index (κ3) is 1.95. The van der Waals surface area contributed by atoms with Gasteiger partial charge in [0, 0.05) is 6.92 Å². The Hall–Kier alpha value is -0.0900. The highest BCUT2D eigenvalue weighted by atomic mass is 79.9. The van der Waals surface area contributed by atoms with E-state index in [0.29, 0.717) is 13.2 Å². The average molecular weight is 208 g/mol. The van der Waals surface area contributed by atoms with E-state index in [1.807, 2.05) is 0 Å². The molecule has 1 heterocycles. The molecule has 1 N–H and O–H groups in total. The molecule has 1 saturated heterocycles. The van der Waals surface area contributed by atoms with Gasteiger partial charge in [0.2, 0.25) is 5.91 Å². The van der Waals surface area contributed by atoms with Gasteiger partial charge in [0.25, 0.3) is 0 Å². The van der Waals surface area contributed by atoms with Gasteiger partial charge in [-0.1, -0.05) is 15.9 Å². The van der Waals surface area contributed by atoms with Crippen LogP contribution in [0.3, 0.4) is 0 Å². The lowest BCUT2D eigenvalue weighted by atomic mass is 10.2. The van der Waals surface area contributed by atoms with Gasteiger partial charge in [0.1, 0.15) is 0 Å². The van der Waals surface area contributed by atoms with Crippen LogP contribution in [-0.4, -0.2) is 30.0 Å². The molecule has 0 saturated carbocycles. The Morgan fingerprint density at radius 3 is 2.80 bits per heavy atom. The maximum Gasteiger partial charge on any atom is 0.217 e. The first-order chi connectivity index (χ1) is 4.70. The number of alkyl halides is 1. The van der Waals surface area contributed by atoms with Crippen molar-refractivity contribution in [2.75, 3.05) is 13.2 Å². The van der Waals surface area contributed by atoms with Crippen LogP contribution in [0.25, 0.3) is 0 Å². The van der Waals surface area contributed by atoms with Gasteiger partial charge in [-0.25, -0.2) is 0 Å². The highest BCUT2D eigenvalue weighted by molar-refractivity contribution is 9.09. The number of carbonyl (C=O) groups is 1. The molecule has 10 heavy (non-hydrogen) atoms. The Bertz CT molecular complexity index is 140. The maximum absolute atomic E-state index is 10.6. The number of ether oxygens (including phenoxy) is 1.